The van der Waals surface area contributed by atoms with E-state index in [1.54, 1.807) is 21.3 Å². The van der Waals surface area contributed by atoms with Gasteiger partial charge >= 0.3 is 0 Å². The highest BCUT2D eigenvalue weighted by Gasteiger charge is 2.39. The average molecular weight is 1670 g/mol. The molecule has 564 valence electrons. The third-order valence-electron chi connectivity index (χ3n) is 14.6. The highest BCUT2D eigenvalue weighted by molar-refractivity contribution is 7.29. The molecule has 4 unspecified atom stereocenters. The Bertz CT molecular complexity index is 3230. The summed E-state index contributed by atoms with van der Waals surface area (Å²) in [4.78, 5) is 10.6. The lowest BCUT2D eigenvalue weighted by Gasteiger charge is -2.35. The van der Waals surface area contributed by atoms with E-state index in [1.807, 2.05) is 182 Å². The number of rotatable bonds is 20. The monoisotopic (exact) mass is 1660 g/mol. The lowest BCUT2D eigenvalue weighted by atomic mass is 10.4. The van der Waals surface area contributed by atoms with E-state index in [2.05, 4.69) is 254 Å². The van der Waals surface area contributed by atoms with E-state index in [4.69, 9.17) is 65.8 Å². The highest BCUT2D eigenvalue weighted by atomic mass is 35.6. The number of halogens is 4. The predicted octanol–water partition coefficient (Wildman–Crippen LogP) is 21.3. The molecule has 0 spiro atoms. The molecule has 0 amide bonds. The first-order valence-corrected chi connectivity index (χ1v) is 73.8. The minimum atomic E-state index is -2.46. The third kappa shape index (κ3) is 49.4. The zero-order valence-corrected chi connectivity index (χ0v) is 82.4. The minimum Gasteiger partial charge on any atom is -0.456 e. The Morgan fingerprint density at radius 3 is 0.637 bits per heavy atom. The molecular formula is C80H132Cl4O6Si12. The molecule has 0 heterocycles. The van der Waals surface area contributed by atoms with Crippen LogP contribution in [-0.2, 0) is 21.5 Å². The van der Waals surface area contributed by atoms with Crippen LogP contribution in [0.15, 0.2) is 286 Å². The van der Waals surface area contributed by atoms with E-state index >= 15 is 0 Å². The van der Waals surface area contributed by atoms with Crippen molar-refractivity contribution >= 4 is 177 Å². The third-order valence-corrected chi connectivity index (χ3v) is 43.6. The molecule has 7 aromatic carbocycles. The van der Waals surface area contributed by atoms with Gasteiger partial charge in [0, 0.05) is 21.3 Å². The van der Waals surface area contributed by atoms with Crippen LogP contribution in [0.5, 0.6) is 0 Å². The predicted molar refractivity (Wildman–Crippen MR) is 496 cm³/mol. The van der Waals surface area contributed by atoms with Crippen molar-refractivity contribution in [3.05, 3.63) is 286 Å². The smallest absolute Gasteiger partial charge is 0.249 e. The summed E-state index contributed by atoms with van der Waals surface area (Å²) in [5.74, 6) is 0. The van der Waals surface area contributed by atoms with Crippen LogP contribution in [0.3, 0.4) is 0 Å². The minimum absolute atomic E-state index is 1.05. The van der Waals surface area contributed by atoms with Gasteiger partial charge in [0.2, 0.25) is 49.0 Å². The quantitative estimate of drug-likeness (QED) is 0.0606. The average Bonchev–Trinajstić information content (AvgIpc) is 0.797. The Morgan fingerprint density at radius 2 is 0.471 bits per heavy atom. The van der Waals surface area contributed by atoms with E-state index in [0.717, 1.165) is 10.4 Å². The van der Waals surface area contributed by atoms with Gasteiger partial charge in [0.1, 0.15) is 7.38 Å². The Morgan fingerprint density at radius 1 is 0.265 bits per heavy atom. The summed E-state index contributed by atoms with van der Waals surface area (Å²) in [6.45, 7) is 72.0. The van der Waals surface area contributed by atoms with Gasteiger partial charge < -0.3 is 26.3 Å². The lowest BCUT2D eigenvalue weighted by molar-refractivity contribution is 0.411. The molecule has 0 aliphatic rings. The first-order valence-electron chi connectivity index (χ1n) is 34.4. The molecule has 0 saturated heterocycles. The fourth-order valence-corrected chi connectivity index (χ4v) is 28.8. The van der Waals surface area contributed by atoms with Crippen LogP contribution >= 0.6 is 44.3 Å². The Kier molecular flexibility index (Phi) is 49.8. The second-order valence-electron chi connectivity index (χ2n) is 30.1. The summed E-state index contributed by atoms with van der Waals surface area (Å²) in [6.07, 6.45) is 0. The van der Waals surface area contributed by atoms with Gasteiger partial charge in [-0.15, -0.1) is 39.5 Å². The maximum Gasteiger partial charge on any atom is 0.249 e. The van der Waals surface area contributed by atoms with Crippen LogP contribution in [0.25, 0.3) is 0 Å². The van der Waals surface area contributed by atoms with E-state index < -0.39 is 96.1 Å². The maximum atomic E-state index is 10.6. The molecule has 6 nitrogen and oxygen atoms in total. The summed E-state index contributed by atoms with van der Waals surface area (Å²) in [7, 11) is -14.2. The Hall–Kier alpha value is -3.50. The molecule has 7 aromatic rings. The van der Waals surface area contributed by atoms with Gasteiger partial charge in [0.25, 0.3) is 0 Å². The molecule has 1 N–H and O–H groups in total. The highest BCUT2D eigenvalue weighted by Crippen LogP contribution is 2.18. The number of hydrogen-bond acceptors (Lipinski definition) is 6. The second kappa shape index (κ2) is 49.5. The van der Waals surface area contributed by atoms with Crippen LogP contribution in [0.2, 0.25) is 151 Å². The maximum absolute atomic E-state index is 10.6. The van der Waals surface area contributed by atoms with Crippen LogP contribution in [-0.4, -0.2) is 122 Å². The van der Waals surface area contributed by atoms with Gasteiger partial charge in [-0.05, 0) is 141 Å². The molecule has 102 heavy (non-hydrogen) atoms. The lowest BCUT2D eigenvalue weighted by Crippen LogP contribution is -2.59. The summed E-state index contributed by atoms with van der Waals surface area (Å²) in [5, 5.41) is 8.43. The zero-order chi connectivity index (χ0) is 79.6. The van der Waals surface area contributed by atoms with Gasteiger partial charge in [-0.25, -0.2) is 0 Å². The summed E-state index contributed by atoms with van der Waals surface area (Å²) >= 11 is 23.4. The van der Waals surface area contributed by atoms with Crippen molar-refractivity contribution in [2.45, 2.75) is 151 Å². The largest absolute Gasteiger partial charge is 0.456 e. The van der Waals surface area contributed by atoms with Crippen molar-refractivity contribution in [3.63, 3.8) is 0 Å². The topological polar surface area (TPSA) is 66.4 Å². The van der Waals surface area contributed by atoms with Crippen LogP contribution in [0.4, 0.5) is 0 Å². The number of benzene rings is 7. The molecule has 0 bridgehead atoms. The van der Waals surface area contributed by atoms with E-state index in [1.165, 1.54) is 25.9 Å². The Labute approximate surface area is 655 Å². The summed E-state index contributed by atoms with van der Waals surface area (Å²) in [5.41, 5.74) is 11.5. The first kappa shape index (κ1) is 103. The molecule has 7 rings (SSSR count). The van der Waals surface area contributed by atoms with E-state index in [9.17, 15) is 4.80 Å². The van der Waals surface area contributed by atoms with Crippen molar-refractivity contribution in [1.82, 2.24) is 0 Å². The fraction of sp³-hybridized carbons (Fsp3) is 0.325. The first-order chi connectivity index (χ1) is 46.7. The van der Waals surface area contributed by atoms with Gasteiger partial charge in [0.05, 0.1) is 0 Å². The molecule has 22 heteroatoms. The molecule has 0 fully saturated rings. The van der Waals surface area contributed by atoms with Crippen LogP contribution < -0.4 is 36.3 Å². The van der Waals surface area contributed by atoms with Gasteiger partial charge in [-0.1, -0.05) is 292 Å². The second-order valence-corrected chi connectivity index (χ2v) is 88.1. The van der Waals surface area contributed by atoms with Crippen molar-refractivity contribution in [1.29, 1.82) is 0 Å². The molecular weight excluding hydrogens is 1540 g/mol. The van der Waals surface area contributed by atoms with E-state index in [-0.39, 0.29) is 0 Å². The molecule has 0 radical (unpaired) electrons. The van der Waals surface area contributed by atoms with Crippen molar-refractivity contribution in [2.75, 3.05) is 21.3 Å². The standard InChI is InChI=1S/C18H22OSi2.C13H14OSi.C10H14OSi.C9H11ClSi.C9H14OSi.C6H18OSi2.2C4H9ClSi.C4H12OSi.C3H9ClSi/c1-5-20(3,17-13-9-7-10-14-17)19-21(4,6-2)18-15-11-8-12-16-18;1-15(14,12-8-4-2-5-9-12)13-10-6-3-7-11-13;1-4-12(3,11-2)10-8-6-5-7-9-10;1-3-11(2,10)9-7-5-4-6-8-9;1-10-11(2,3)9-7-5-4-6-8-9;1-8(2,3)7-9(4,5)6;2*1-4-6(2,3)5;1-5-6(2,3)4;1-5(2,3)4/h5-16H,1-2H2,3-4H3;2-11,14H,1H3;4-9H,1H2,2-3H3;3-8H,1H2,2H3;4-8H,1-3H3;1-6H3;2*4H,1H2,2-3H3;1-4H3;1-3H3. The molecule has 0 saturated carbocycles. The fourth-order valence-electron chi connectivity index (χ4n) is 7.95. The SMILES string of the molecule is C=C[Si](C)(C)Cl.C=C[Si](C)(C)Cl.C=C[Si](C)(Cl)c1ccccc1.C=C[Si](C)(OC)c1ccccc1.C=C[Si](C)(O[Si](C)(C=C)c1ccccc1)c1ccccc1.CO[Si](C)(C)C.CO[Si](C)(C)c1ccccc1.C[Si](C)(C)Cl.C[Si](C)(C)O[Si](C)(C)C.C[Si](O)(c1ccccc1)c1ccccc1. The summed E-state index contributed by atoms with van der Waals surface area (Å²) < 4.78 is 28.7. The molecule has 0 aliphatic heterocycles. The molecule has 0 aliphatic carbocycles. The zero-order valence-electron chi connectivity index (χ0n) is 67.4. The normalized spacial score (nSPS) is 13.6. The number of hydrogen-bond donors (Lipinski definition) is 1. The Balaban J connectivity index is -0.00000110. The van der Waals surface area contributed by atoms with E-state index in [0.29, 0.717) is 0 Å². The van der Waals surface area contributed by atoms with Gasteiger partial charge in [0.15, 0.2) is 39.7 Å². The van der Waals surface area contributed by atoms with Crippen molar-refractivity contribution < 1.29 is 26.3 Å². The molecule has 4 atom stereocenters. The summed E-state index contributed by atoms with van der Waals surface area (Å²) in [6, 6.07) is 71.5. The van der Waals surface area contributed by atoms with Gasteiger partial charge in [-0.2, -0.15) is 44.3 Å². The molecule has 0 aromatic heterocycles. The van der Waals surface area contributed by atoms with Crippen molar-refractivity contribution in [2.24, 2.45) is 0 Å². The van der Waals surface area contributed by atoms with Crippen LogP contribution in [0.1, 0.15) is 0 Å². The van der Waals surface area contributed by atoms with Crippen molar-refractivity contribution in [3.8, 4) is 0 Å². The van der Waals surface area contributed by atoms with Crippen LogP contribution in [0, 0.1) is 0 Å². The van der Waals surface area contributed by atoms with Gasteiger partial charge in [-0.3, -0.25) is 0 Å².